The van der Waals surface area contributed by atoms with Gasteiger partial charge in [-0.2, -0.15) is 0 Å². The van der Waals surface area contributed by atoms with Crippen LogP contribution < -0.4 is 0 Å². The molecule has 4 nitrogen and oxygen atoms in total. The van der Waals surface area contributed by atoms with Crippen molar-refractivity contribution in [1.29, 1.82) is 0 Å². The van der Waals surface area contributed by atoms with Crippen molar-refractivity contribution in [3.05, 3.63) is 47.5 Å². The van der Waals surface area contributed by atoms with Crippen molar-refractivity contribution in [2.75, 3.05) is 0 Å². The Morgan fingerprint density at radius 2 is 1.90 bits per heavy atom. The third-order valence-electron chi connectivity index (χ3n) is 3.16. The van der Waals surface area contributed by atoms with Crippen LogP contribution in [-0.2, 0) is 14.3 Å². The fourth-order valence-electron chi connectivity index (χ4n) is 2.21. The number of benzene rings is 1. The molecule has 1 aromatic carbocycles. The molecular formula is C16H16O4. The molecule has 20 heavy (non-hydrogen) atoms. The van der Waals surface area contributed by atoms with Gasteiger partial charge in [0.05, 0.1) is 0 Å². The van der Waals surface area contributed by atoms with Gasteiger partial charge in [-0.05, 0) is 12.8 Å². The van der Waals surface area contributed by atoms with Gasteiger partial charge in [0.1, 0.15) is 0 Å². The van der Waals surface area contributed by atoms with Gasteiger partial charge < -0.3 is 4.74 Å². The molecule has 1 unspecified atom stereocenters. The van der Waals surface area contributed by atoms with Crippen molar-refractivity contribution in [3.63, 3.8) is 0 Å². The average Bonchev–Trinajstić information content (AvgIpc) is 2.46. The molecule has 0 radical (unpaired) electrons. The Bertz CT molecular complexity index is 557. The van der Waals surface area contributed by atoms with Crippen LogP contribution in [-0.4, -0.2) is 23.6 Å². The number of rotatable bonds is 4. The lowest BCUT2D eigenvalue weighted by atomic mass is 9.90. The highest BCUT2D eigenvalue weighted by molar-refractivity contribution is 6.10. The molecule has 1 aromatic rings. The van der Waals surface area contributed by atoms with Crippen molar-refractivity contribution in [1.82, 2.24) is 0 Å². The van der Waals surface area contributed by atoms with Crippen molar-refractivity contribution in [2.45, 2.75) is 32.3 Å². The number of hydrogen-bond acceptors (Lipinski definition) is 4. The molecule has 0 fully saturated rings. The topological polar surface area (TPSA) is 60.4 Å². The van der Waals surface area contributed by atoms with E-state index in [1.54, 1.807) is 36.4 Å². The number of allylic oxidation sites excluding steroid dienone is 1. The van der Waals surface area contributed by atoms with Gasteiger partial charge in [0.2, 0.25) is 5.78 Å². The van der Waals surface area contributed by atoms with Crippen molar-refractivity contribution >= 4 is 17.5 Å². The van der Waals surface area contributed by atoms with Crippen LogP contribution in [0.25, 0.3) is 0 Å². The highest BCUT2D eigenvalue weighted by Gasteiger charge is 2.31. The van der Waals surface area contributed by atoms with Crippen LogP contribution in [0.4, 0.5) is 0 Å². The zero-order valence-corrected chi connectivity index (χ0v) is 11.3. The van der Waals surface area contributed by atoms with Gasteiger partial charge in [0.25, 0.3) is 0 Å². The van der Waals surface area contributed by atoms with Gasteiger partial charge in [0.15, 0.2) is 11.9 Å². The first-order valence-electron chi connectivity index (χ1n) is 6.59. The quantitative estimate of drug-likeness (QED) is 0.624. The molecular weight excluding hydrogens is 256 g/mol. The number of carbonyl (C=O) groups excluding carboxylic acids is 3. The predicted octanol–water partition coefficient (Wildman–Crippen LogP) is 2.48. The van der Waals surface area contributed by atoms with Crippen LogP contribution in [0.3, 0.4) is 0 Å². The highest BCUT2D eigenvalue weighted by atomic mass is 16.5. The zero-order chi connectivity index (χ0) is 14.5. The number of ether oxygens (including phenoxy) is 1. The van der Waals surface area contributed by atoms with Gasteiger partial charge >= 0.3 is 5.97 Å². The molecule has 0 bridgehead atoms. The molecule has 0 aromatic heterocycles. The van der Waals surface area contributed by atoms with Crippen molar-refractivity contribution in [3.8, 4) is 0 Å². The minimum Gasteiger partial charge on any atom is -0.449 e. The number of esters is 1. The zero-order valence-electron chi connectivity index (χ0n) is 11.3. The van der Waals surface area contributed by atoms with E-state index in [1.807, 2.05) is 0 Å². The Labute approximate surface area is 117 Å². The fourth-order valence-corrected chi connectivity index (χ4v) is 2.21. The monoisotopic (exact) mass is 272 g/mol. The first kappa shape index (κ1) is 14.2. The molecule has 0 saturated carbocycles. The summed E-state index contributed by atoms with van der Waals surface area (Å²) < 4.78 is 5.10. The second kappa shape index (κ2) is 6.28. The van der Waals surface area contributed by atoms with Gasteiger partial charge in [-0.1, -0.05) is 36.4 Å². The number of ketones is 2. The smallest absolute Gasteiger partial charge is 0.303 e. The summed E-state index contributed by atoms with van der Waals surface area (Å²) in [5.41, 5.74) is 0.735. The summed E-state index contributed by atoms with van der Waals surface area (Å²) in [5.74, 6) is -1.05. The Morgan fingerprint density at radius 3 is 2.50 bits per heavy atom. The molecule has 1 aliphatic rings. The first-order chi connectivity index (χ1) is 9.59. The summed E-state index contributed by atoms with van der Waals surface area (Å²) in [5, 5.41) is 0. The van der Waals surface area contributed by atoms with E-state index in [1.165, 1.54) is 6.92 Å². The van der Waals surface area contributed by atoms with Crippen molar-refractivity contribution in [2.24, 2.45) is 0 Å². The summed E-state index contributed by atoms with van der Waals surface area (Å²) >= 11 is 0. The van der Waals surface area contributed by atoms with Crippen LogP contribution in [0, 0.1) is 0 Å². The average molecular weight is 272 g/mol. The molecule has 4 heteroatoms. The maximum atomic E-state index is 12.5. The third kappa shape index (κ3) is 3.20. The maximum absolute atomic E-state index is 12.5. The lowest BCUT2D eigenvalue weighted by Gasteiger charge is -2.21. The molecule has 104 valence electrons. The van der Waals surface area contributed by atoms with Gasteiger partial charge in [-0.15, -0.1) is 0 Å². The molecule has 1 atom stereocenters. The normalized spacial score (nSPS) is 16.2. The van der Waals surface area contributed by atoms with E-state index in [-0.39, 0.29) is 11.6 Å². The highest BCUT2D eigenvalue weighted by Crippen LogP contribution is 2.22. The van der Waals surface area contributed by atoms with Crippen LogP contribution in [0.1, 0.15) is 36.5 Å². The molecule has 1 aliphatic carbocycles. The Hall–Kier alpha value is -2.23. The molecule has 0 spiro atoms. The minimum absolute atomic E-state index is 0.119. The number of Topliss-reactive ketones (excluding diaryl/α,β-unsaturated/α-hetero) is 2. The van der Waals surface area contributed by atoms with Crippen LogP contribution in [0.15, 0.2) is 42.0 Å². The molecule has 0 amide bonds. The van der Waals surface area contributed by atoms with Gasteiger partial charge in [-0.3, -0.25) is 14.4 Å². The SMILES string of the molecule is CC(=O)OC(C(=O)c1ccccc1)C1=CCCCC1=O. The molecule has 0 saturated heterocycles. The summed E-state index contributed by atoms with van der Waals surface area (Å²) in [7, 11) is 0. The second-order valence-electron chi connectivity index (χ2n) is 4.69. The van der Waals surface area contributed by atoms with E-state index >= 15 is 0 Å². The van der Waals surface area contributed by atoms with E-state index in [0.29, 0.717) is 17.6 Å². The molecule has 0 heterocycles. The standard InChI is InChI=1S/C16H16O4/c1-11(17)20-16(13-9-5-6-10-14(13)18)15(19)12-7-3-2-4-8-12/h2-4,7-9,16H,5-6,10H2,1H3. The van der Waals surface area contributed by atoms with Gasteiger partial charge in [-0.25, -0.2) is 0 Å². The molecule has 0 aliphatic heterocycles. The Kier molecular flexibility index (Phi) is 4.45. The summed E-state index contributed by atoms with van der Waals surface area (Å²) in [6, 6.07) is 8.55. The summed E-state index contributed by atoms with van der Waals surface area (Å²) in [6.45, 7) is 1.24. The minimum atomic E-state index is -1.12. The van der Waals surface area contributed by atoms with Crippen LogP contribution in [0.2, 0.25) is 0 Å². The maximum Gasteiger partial charge on any atom is 0.303 e. The molecule has 0 N–H and O–H groups in total. The van der Waals surface area contributed by atoms with E-state index in [0.717, 1.165) is 12.8 Å². The third-order valence-corrected chi connectivity index (χ3v) is 3.16. The second-order valence-corrected chi connectivity index (χ2v) is 4.69. The summed E-state index contributed by atoms with van der Waals surface area (Å²) in [6.07, 6.45) is 2.48. The van der Waals surface area contributed by atoms with Crippen molar-refractivity contribution < 1.29 is 19.1 Å². The van der Waals surface area contributed by atoms with E-state index in [4.69, 9.17) is 4.74 Å². The van der Waals surface area contributed by atoms with Crippen LogP contribution >= 0.6 is 0 Å². The number of carbonyl (C=O) groups is 3. The van der Waals surface area contributed by atoms with E-state index < -0.39 is 12.1 Å². The fraction of sp³-hybridized carbons (Fsp3) is 0.312. The first-order valence-corrected chi connectivity index (χ1v) is 6.59. The Morgan fingerprint density at radius 1 is 1.20 bits per heavy atom. The number of hydrogen-bond donors (Lipinski definition) is 0. The Balaban J connectivity index is 2.32. The summed E-state index contributed by atoms with van der Waals surface area (Å²) in [4.78, 5) is 35.6. The van der Waals surface area contributed by atoms with Crippen LogP contribution in [0.5, 0.6) is 0 Å². The van der Waals surface area contributed by atoms with E-state index in [2.05, 4.69) is 0 Å². The largest absolute Gasteiger partial charge is 0.449 e. The predicted molar refractivity (Wildman–Crippen MR) is 73.3 cm³/mol. The van der Waals surface area contributed by atoms with Gasteiger partial charge in [0, 0.05) is 24.5 Å². The lowest BCUT2D eigenvalue weighted by Crippen LogP contribution is -2.33. The van der Waals surface area contributed by atoms with E-state index in [9.17, 15) is 14.4 Å². The molecule has 2 rings (SSSR count). The lowest BCUT2D eigenvalue weighted by molar-refractivity contribution is -0.143.